The Bertz CT molecular complexity index is 1240. The lowest BCUT2D eigenvalue weighted by Gasteiger charge is -2.23. The number of pyridine rings is 1. The third-order valence-corrected chi connectivity index (χ3v) is 6.13. The van der Waals surface area contributed by atoms with Crippen LogP contribution >= 0.6 is 0 Å². The van der Waals surface area contributed by atoms with Crippen molar-refractivity contribution in [2.45, 2.75) is 57.3 Å². The van der Waals surface area contributed by atoms with Crippen LogP contribution in [0.4, 0.5) is 13.2 Å². The number of benzene rings is 1. The first-order valence-corrected chi connectivity index (χ1v) is 11.2. The predicted molar refractivity (Wildman–Crippen MR) is 116 cm³/mol. The van der Waals surface area contributed by atoms with Crippen LogP contribution in [-0.2, 0) is 6.54 Å². The molecule has 0 bridgehead atoms. The first-order valence-electron chi connectivity index (χ1n) is 11.2. The van der Waals surface area contributed by atoms with Crippen LogP contribution in [0.25, 0.3) is 11.1 Å². The highest BCUT2D eigenvalue weighted by molar-refractivity contribution is 6.06. The normalized spacial score (nSPS) is 16.0. The van der Waals surface area contributed by atoms with Crippen molar-refractivity contribution < 1.29 is 27.3 Å². The van der Waals surface area contributed by atoms with E-state index in [4.69, 9.17) is 4.52 Å². The fraction of sp³-hybridized carbons (Fsp3) is 0.417. The average molecular weight is 472 g/mol. The molecule has 1 N–H and O–H groups in total. The van der Waals surface area contributed by atoms with Crippen LogP contribution in [0.5, 0.6) is 0 Å². The molecule has 1 aromatic carbocycles. The molecule has 2 heterocycles. The standard InChI is InChI=1S/C24H23F3N4O3/c1-13-20-18(10-19(15-6-7-15)29-22(20)34-30-13)23(33)31(17-8-9-17)11-14-2-4-16(5-3-14)21(32)28-12-24(25,26)27/h2-5,10,15,17H,6-9,11-12H2,1H3,(H,28,32). The number of carbonyl (C=O) groups excluding carboxylic acids is 2. The van der Waals surface area contributed by atoms with Gasteiger partial charge in [-0.3, -0.25) is 9.59 Å². The predicted octanol–water partition coefficient (Wildman–Crippen LogP) is 4.51. The first kappa shape index (κ1) is 22.4. The van der Waals surface area contributed by atoms with E-state index in [1.165, 1.54) is 12.1 Å². The number of halogens is 3. The number of aryl methyl sites for hydroxylation is 1. The summed E-state index contributed by atoms with van der Waals surface area (Å²) in [4.78, 5) is 32.0. The molecular weight excluding hydrogens is 449 g/mol. The van der Waals surface area contributed by atoms with Gasteiger partial charge in [0.2, 0.25) is 0 Å². The van der Waals surface area contributed by atoms with E-state index in [0.717, 1.165) is 36.9 Å². The smallest absolute Gasteiger partial charge is 0.343 e. The van der Waals surface area contributed by atoms with Crippen molar-refractivity contribution in [2.24, 2.45) is 0 Å². The molecule has 2 amide bonds. The summed E-state index contributed by atoms with van der Waals surface area (Å²) in [6, 6.07) is 8.22. The van der Waals surface area contributed by atoms with E-state index in [9.17, 15) is 22.8 Å². The largest absolute Gasteiger partial charge is 0.405 e. The number of hydrogen-bond acceptors (Lipinski definition) is 5. The van der Waals surface area contributed by atoms with Crippen LogP contribution in [0.1, 0.15) is 69.3 Å². The Hall–Kier alpha value is -3.43. The van der Waals surface area contributed by atoms with Gasteiger partial charge < -0.3 is 14.7 Å². The second-order valence-corrected chi connectivity index (χ2v) is 8.98. The summed E-state index contributed by atoms with van der Waals surface area (Å²) in [6.45, 7) is 0.717. The van der Waals surface area contributed by atoms with Crippen LogP contribution in [0.3, 0.4) is 0 Å². The molecule has 0 saturated heterocycles. The Morgan fingerprint density at radius 1 is 1.15 bits per heavy atom. The summed E-state index contributed by atoms with van der Waals surface area (Å²) in [6.07, 6.45) is -0.601. The highest BCUT2D eigenvalue weighted by atomic mass is 19.4. The number of fused-ring (bicyclic) bond motifs is 1. The van der Waals surface area contributed by atoms with Crippen molar-refractivity contribution in [1.29, 1.82) is 0 Å². The molecule has 0 aliphatic heterocycles. The third-order valence-electron chi connectivity index (χ3n) is 6.13. The van der Waals surface area contributed by atoms with E-state index < -0.39 is 18.6 Å². The highest BCUT2D eigenvalue weighted by Gasteiger charge is 2.36. The summed E-state index contributed by atoms with van der Waals surface area (Å²) in [7, 11) is 0. The Kier molecular flexibility index (Phi) is 5.53. The van der Waals surface area contributed by atoms with Crippen molar-refractivity contribution in [1.82, 2.24) is 20.4 Å². The molecule has 0 unspecified atom stereocenters. The van der Waals surface area contributed by atoms with Gasteiger partial charge in [0.15, 0.2) is 0 Å². The zero-order chi connectivity index (χ0) is 24.0. The van der Waals surface area contributed by atoms with Crippen molar-refractivity contribution in [2.75, 3.05) is 6.54 Å². The minimum absolute atomic E-state index is 0.106. The molecular formula is C24H23F3N4O3. The minimum atomic E-state index is -4.47. The molecule has 34 heavy (non-hydrogen) atoms. The van der Waals surface area contributed by atoms with E-state index in [1.54, 1.807) is 24.0 Å². The Balaban J connectivity index is 1.37. The molecule has 2 fully saturated rings. The zero-order valence-electron chi connectivity index (χ0n) is 18.5. The maximum Gasteiger partial charge on any atom is 0.405 e. The van der Waals surface area contributed by atoms with Gasteiger partial charge in [0, 0.05) is 29.8 Å². The van der Waals surface area contributed by atoms with E-state index in [2.05, 4.69) is 10.1 Å². The van der Waals surface area contributed by atoms with E-state index in [-0.39, 0.29) is 17.5 Å². The molecule has 2 saturated carbocycles. The summed E-state index contributed by atoms with van der Waals surface area (Å²) in [5.41, 5.74) is 3.26. The Morgan fingerprint density at radius 3 is 2.47 bits per heavy atom. The molecule has 2 aliphatic carbocycles. The lowest BCUT2D eigenvalue weighted by atomic mass is 10.1. The van der Waals surface area contributed by atoms with Crippen molar-refractivity contribution in [3.05, 3.63) is 58.4 Å². The summed E-state index contributed by atoms with van der Waals surface area (Å²) >= 11 is 0. The number of nitrogens with one attached hydrogen (secondary N) is 1. The van der Waals surface area contributed by atoms with Crippen molar-refractivity contribution >= 4 is 22.9 Å². The molecule has 178 valence electrons. The van der Waals surface area contributed by atoms with Crippen LogP contribution in [0, 0.1) is 6.92 Å². The van der Waals surface area contributed by atoms with Crippen LogP contribution < -0.4 is 5.32 Å². The number of nitrogens with zero attached hydrogens (tertiary/aromatic N) is 3. The Morgan fingerprint density at radius 2 is 1.85 bits per heavy atom. The van der Waals surface area contributed by atoms with Gasteiger partial charge in [-0.1, -0.05) is 17.3 Å². The van der Waals surface area contributed by atoms with Gasteiger partial charge >= 0.3 is 6.18 Å². The molecule has 10 heteroatoms. The molecule has 5 rings (SSSR count). The molecule has 7 nitrogen and oxygen atoms in total. The van der Waals surface area contributed by atoms with Crippen molar-refractivity contribution in [3.8, 4) is 0 Å². The molecule has 2 aliphatic rings. The molecule has 0 atom stereocenters. The fourth-order valence-corrected chi connectivity index (χ4v) is 4.02. The van der Waals surface area contributed by atoms with Gasteiger partial charge in [-0.05, 0) is 56.4 Å². The van der Waals surface area contributed by atoms with Gasteiger partial charge in [0.25, 0.3) is 17.5 Å². The van der Waals surface area contributed by atoms with Gasteiger partial charge in [-0.25, -0.2) is 4.98 Å². The molecule has 0 radical (unpaired) electrons. The number of amides is 2. The van der Waals surface area contributed by atoms with Gasteiger partial charge in [0.05, 0.1) is 16.6 Å². The SMILES string of the molecule is Cc1noc2nc(C3CC3)cc(C(=O)N(Cc3ccc(C(=O)NCC(F)(F)F)cc3)C3CC3)c12. The Labute approximate surface area is 193 Å². The number of rotatable bonds is 7. The van der Waals surface area contributed by atoms with Crippen LogP contribution in [-0.4, -0.2) is 45.6 Å². The van der Waals surface area contributed by atoms with E-state index in [1.807, 2.05) is 11.4 Å². The number of carbonyl (C=O) groups is 2. The maximum atomic E-state index is 13.7. The van der Waals surface area contributed by atoms with Gasteiger partial charge in [-0.15, -0.1) is 0 Å². The number of alkyl halides is 3. The molecule has 0 spiro atoms. The van der Waals surface area contributed by atoms with E-state index >= 15 is 0 Å². The summed E-state index contributed by atoms with van der Waals surface area (Å²) in [5.74, 6) is -0.587. The highest BCUT2D eigenvalue weighted by Crippen LogP contribution is 2.41. The topological polar surface area (TPSA) is 88.3 Å². The lowest BCUT2D eigenvalue weighted by Crippen LogP contribution is -2.34. The van der Waals surface area contributed by atoms with Gasteiger partial charge in [-0.2, -0.15) is 13.2 Å². The lowest BCUT2D eigenvalue weighted by molar-refractivity contribution is -0.123. The van der Waals surface area contributed by atoms with Crippen LogP contribution in [0.2, 0.25) is 0 Å². The van der Waals surface area contributed by atoms with Gasteiger partial charge in [0.1, 0.15) is 6.54 Å². The first-order chi connectivity index (χ1) is 16.2. The summed E-state index contributed by atoms with van der Waals surface area (Å²) < 4.78 is 42.4. The zero-order valence-corrected chi connectivity index (χ0v) is 18.5. The minimum Gasteiger partial charge on any atom is -0.343 e. The van der Waals surface area contributed by atoms with Crippen LogP contribution in [0.15, 0.2) is 34.9 Å². The third kappa shape index (κ3) is 4.76. The van der Waals surface area contributed by atoms with E-state index in [0.29, 0.717) is 34.8 Å². The summed E-state index contributed by atoms with van der Waals surface area (Å²) in [5, 5.41) is 6.48. The number of hydrogen-bond donors (Lipinski definition) is 1. The fourth-order valence-electron chi connectivity index (χ4n) is 4.02. The molecule has 2 aromatic heterocycles. The maximum absolute atomic E-state index is 13.7. The second-order valence-electron chi connectivity index (χ2n) is 8.98. The number of aromatic nitrogens is 2. The monoisotopic (exact) mass is 472 g/mol. The van der Waals surface area contributed by atoms with Crippen molar-refractivity contribution in [3.63, 3.8) is 0 Å². The molecule has 3 aromatic rings. The average Bonchev–Trinajstić information content (AvgIpc) is 3.73. The quantitative estimate of drug-likeness (QED) is 0.547. The second kappa shape index (κ2) is 8.41.